The number of carboxylic acids is 1. The van der Waals surface area contributed by atoms with Crippen molar-refractivity contribution in [3.63, 3.8) is 0 Å². The second-order valence-corrected chi connectivity index (χ2v) is 7.00. The lowest BCUT2D eigenvalue weighted by molar-refractivity contribution is 0.0695. The van der Waals surface area contributed by atoms with Crippen LogP contribution in [0.5, 0.6) is 0 Å². The monoisotopic (exact) mass is 321 g/mol. The zero-order valence-corrected chi connectivity index (χ0v) is 13.7. The third-order valence-corrected chi connectivity index (χ3v) is 5.27. The predicted molar refractivity (Wildman–Crippen MR) is 93.1 cm³/mol. The van der Waals surface area contributed by atoms with E-state index >= 15 is 0 Å². The summed E-state index contributed by atoms with van der Waals surface area (Å²) < 4.78 is 1.64. The molecule has 24 heavy (non-hydrogen) atoms. The molecule has 122 valence electrons. The second kappa shape index (κ2) is 5.93. The Morgan fingerprint density at radius 3 is 2.67 bits per heavy atom. The van der Waals surface area contributed by atoms with Gasteiger partial charge in [-0.1, -0.05) is 31.7 Å². The molecule has 0 amide bonds. The Balaban J connectivity index is 1.68. The van der Waals surface area contributed by atoms with Gasteiger partial charge >= 0.3 is 5.97 Å². The van der Waals surface area contributed by atoms with Gasteiger partial charge in [-0.2, -0.15) is 5.10 Å². The zero-order valence-electron chi connectivity index (χ0n) is 13.7. The number of allylic oxidation sites excluding steroid dienone is 2. The van der Waals surface area contributed by atoms with Gasteiger partial charge in [0.05, 0.1) is 11.4 Å². The van der Waals surface area contributed by atoms with E-state index < -0.39 is 5.97 Å². The van der Waals surface area contributed by atoms with E-state index in [9.17, 15) is 9.90 Å². The fraction of sp³-hybridized carbons (Fsp3) is 0.389. The predicted octanol–water partition coefficient (Wildman–Crippen LogP) is 3.52. The van der Waals surface area contributed by atoms with Crippen LogP contribution in [0.2, 0.25) is 18.5 Å². The first kappa shape index (κ1) is 15.2. The highest BCUT2D eigenvalue weighted by atomic mass is 16.4. The van der Waals surface area contributed by atoms with E-state index in [0.29, 0.717) is 23.0 Å². The zero-order chi connectivity index (χ0) is 16.7. The van der Waals surface area contributed by atoms with Crippen LogP contribution in [0.4, 0.5) is 0 Å². The molecule has 1 aliphatic carbocycles. The summed E-state index contributed by atoms with van der Waals surface area (Å²) in [5.41, 5.74) is 1.78. The normalized spacial score (nSPS) is 25.7. The molecule has 0 bridgehead atoms. The van der Waals surface area contributed by atoms with Crippen LogP contribution in [0, 0.1) is 5.92 Å². The van der Waals surface area contributed by atoms with Crippen LogP contribution in [0.3, 0.4) is 0 Å². The molecule has 0 radical (unpaired) electrons. The molecular weight excluding hydrogens is 301 g/mol. The number of nitrogens with zero attached hydrogens (tertiary/aromatic N) is 3. The smallest absolute Gasteiger partial charge is 0.339 e. The number of carboxylic acid groups (broad SMARTS) is 1. The Morgan fingerprint density at radius 2 is 2.04 bits per heavy atom. The van der Waals surface area contributed by atoms with Crippen molar-refractivity contribution >= 4 is 12.7 Å². The highest BCUT2D eigenvalue weighted by Gasteiger charge is 2.39. The lowest BCUT2D eigenvalue weighted by Gasteiger charge is -2.28. The van der Waals surface area contributed by atoms with Crippen LogP contribution in [-0.4, -0.2) is 32.6 Å². The molecule has 0 spiro atoms. The van der Waals surface area contributed by atoms with Crippen molar-refractivity contribution in [2.45, 2.75) is 37.7 Å². The average Bonchev–Trinajstić information content (AvgIpc) is 3.32. The molecule has 0 saturated carbocycles. The molecule has 1 saturated heterocycles. The summed E-state index contributed by atoms with van der Waals surface area (Å²) >= 11 is 0. The molecular formula is C18H20BN3O2. The topological polar surface area (TPSA) is 68.0 Å². The van der Waals surface area contributed by atoms with Gasteiger partial charge in [0.15, 0.2) is 0 Å². The maximum atomic E-state index is 11.7. The van der Waals surface area contributed by atoms with Gasteiger partial charge in [-0.15, -0.1) is 0 Å². The number of carbonyl (C=O) groups is 1. The fourth-order valence-corrected chi connectivity index (χ4v) is 3.85. The summed E-state index contributed by atoms with van der Waals surface area (Å²) in [7, 11) is 0. The van der Waals surface area contributed by atoms with Gasteiger partial charge in [-0.3, -0.25) is 4.98 Å². The third kappa shape index (κ3) is 2.77. The summed E-state index contributed by atoms with van der Waals surface area (Å²) in [6.45, 7) is 3.12. The van der Waals surface area contributed by atoms with Gasteiger partial charge in [0.2, 0.25) is 0 Å². The Morgan fingerprint density at radius 1 is 1.29 bits per heavy atom. The number of aromatic nitrogens is 3. The van der Waals surface area contributed by atoms with E-state index in [1.807, 2.05) is 12.1 Å². The lowest BCUT2D eigenvalue weighted by atomic mass is 9.51. The summed E-state index contributed by atoms with van der Waals surface area (Å²) in [6, 6.07) is 3.65. The Labute approximate surface area is 141 Å². The molecule has 2 aliphatic rings. The molecule has 1 fully saturated rings. The maximum Gasteiger partial charge on any atom is 0.339 e. The molecule has 5 nitrogen and oxygen atoms in total. The molecule has 3 atom stereocenters. The Kier molecular flexibility index (Phi) is 3.75. The van der Waals surface area contributed by atoms with Crippen molar-refractivity contribution in [2.24, 2.45) is 5.92 Å². The highest BCUT2D eigenvalue weighted by Crippen LogP contribution is 2.46. The van der Waals surface area contributed by atoms with E-state index in [1.165, 1.54) is 12.6 Å². The van der Waals surface area contributed by atoms with Crippen molar-refractivity contribution in [1.29, 1.82) is 0 Å². The molecule has 6 heteroatoms. The SMILES string of the molecule is CC1CC(c2nn(-c3ccncc3)cc2C(=O)O)C=CC1B1CC1. The van der Waals surface area contributed by atoms with E-state index in [0.717, 1.165) is 18.8 Å². The Hall–Kier alpha value is -2.37. The molecule has 3 unspecified atom stereocenters. The highest BCUT2D eigenvalue weighted by molar-refractivity contribution is 6.71. The summed E-state index contributed by atoms with van der Waals surface area (Å²) in [6.07, 6.45) is 13.1. The largest absolute Gasteiger partial charge is 0.478 e. The molecule has 2 aromatic heterocycles. The molecule has 4 rings (SSSR count). The minimum absolute atomic E-state index is 0.0733. The van der Waals surface area contributed by atoms with E-state index in [4.69, 9.17) is 0 Å². The van der Waals surface area contributed by atoms with Crippen LogP contribution in [0.1, 0.15) is 35.3 Å². The van der Waals surface area contributed by atoms with Gasteiger partial charge in [0.1, 0.15) is 12.3 Å². The van der Waals surface area contributed by atoms with Gasteiger partial charge < -0.3 is 5.11 Å². The summed E-state index contributed by atoms with van der Waals surface area (Å²) in [4.78, 5) is 15.7. The quantitative estimate of drug-likeness (QED) is 0.691. The van der Waals surface area contributed by atoms with Crippen molar-refractivity contribution in [1.82, 2.24) is 14.8 Å². The van der Waals surface area contributed by atoms with Crippen molar-refractivity contribution < 1.29 is 9.90 Å². The first-order valence-corrected chi connectivity index (χ1v) is 8.55. The van der Waals surface area contributed by atoms with Crippen LogP contribution < -0.4 is 0 Å². The van der Waals surface area contributed by atoms with Crippen LogP contribution in [0.25, 0.3) is 5.69 Å². The average molecular weight is 321 g/mol. The summed E-state index contributed by atoms with van der Waals surface area (Å²) in [5.74, 6) is 0.372. The van der Waals surface area contributed by atoms with Gasteiger partial charge in [-0.05, 0) is 30.3 Å². The standard InChI is InChI=1S/C18H20BN3O2/c1-12-10-13(2-3-16(12)19-6-7-19)17-15(18(23)24)11-22(21-17)14-4-8-20-9-5-14/h2-5,8-9,11-13,16H,6-7,10H2,1H3,(H,23,24). The van der Waals surface area contributed by atoms with Gasteiger partial charge in [0.25, 0.3) is 0 Å². The molecule has 1 aliphatic heterocycles. The first-order valence-electron chi connectivity index (χ1n) is 8.55. The second-order valence-electron chi connectivity index (χ2n) is 7.00. The van der Waals surface area contributed by atoms with Crippen LogP contribution in [-0.2, 0) is 0 Å². The van der Waals surface area contributed by atoms with E-state index in [-0.39, 0.29) is 5.92 Å². The summed E-state index contributed by atoms with van der Waals surface area (Å²) in [5, 5.41) is 14.2. The van der Waals surface area contributed by atoms with Crippen molar-refractivity contribution in [3.8, 4) is 5.69 Å². The molecule has 0 aromatic carbocycles. The van der Waals surface area contributed by atoms with E-state index in [2.05, 4.69) is 29.2 Å². The van der Waals surface area contributed by atoms with Crippen LogP contribution in [0.15, 0.2) is 42.9 Å². The molecule has 2 aromatic rings. The fourth-order valence-electron chi connectivity index (χ4n) is 3.85. The number of hydrogen-bond acceptors (Lipinski definition) is 3. The number of rotatable bonds is 4. The van der Waals surface area contributed by atoms with Crippen molar-refractivity contribution in [3.05, 3.63) is 54.1 Å². The maximum absolute atomic E-state index is 11.7. The number of aromatic carboxylic acids is 1. The van der Waals surface area contributed by atoms with Crippen molar-refractivity contribution in [2.75, 3.05) is 0 Å². The van der Waals surface area contributed by atoms with Gasteiger partial charge in [-0.25, -0.2) is 9.48 Å². The first-order chi connectivity index (χ1) is 11.6. The van der Waals surface area contributed by atoms with E-state index in [1.54, 1.807) is 23.3 Å². The minimum atomic E-state index is -0.921. The van der Waals surface area contributed by atoms with Crippen LogP contribution >= 0.6 is 0 Å². The molecule has 3 heterocycles. The number of hydrogen-bond donors (Lipinski definition) is 1. The Bertz CT molecular complexity index is 783. The lowest BCUT2D eigenvalue weighted by Crippen LogP contribution is -2.19. The molecule has 1 N–H and O–H groups in total. The van der Waals surface area contributed by atoms with Gasteiger partial charge in [0, 0.05) is 24.5 Å². The minimum Gasteiger partial charge on any atom is -0.478 e. The number of pyridine rings is 1. The third-order valence-electron chi connectivity index (χ3n) is 5.27.